The van der Waals surface area contributed by atoms with E-state index in [-0.39, 0.29) is 0 Å². The van der Waals surface area contributed by atoms with Crippen LogP contribution in [-0.4, -0.2) is 16.2 Å². The predicted molar refractivity (Wildman–Crippen MR) is 83.8 cm³/mol. The molecule has 20 heavy (non-hydrogen) atoms. The smallest absolute Gasteiger partial charge is 0.222 e. The molecule has 4 nitrogen and oxygen atoms in total. The maximum Gasteiger partial charge on any atom is 0.222 e. The summed E-state index contributed by atoms with van der Waals surface area (Å²) in [5.41, 5.74) is 5.45. The molecule has 2 N–H and O–H groups in total. The molecule has 0 aliphatic carbocycles. The summed E-state index contributed by atoms with van der Waals surface area (Å²) in [5.74, 6) is 0.576. The van der Waals surface area contributed by atoms with Gasteiger partial charge in [-0.1, -0.05) is 41.4 Å². The number of fused-ring (bicyclic) bond motifs is 1. The van der Waals surface area contributed by atoms with Crippen molar-refractivity contribution in [3.8, 4) is 0 Å². The number of H-pyrrole nitrogens is 1. The van der Waals surface area contributed by atoms with Gasteiger partial charge in [0.1, 0.15) is 0 Å². The number of halogens is 2. The first-order valence-corrected chi connectivity index (χ1v) is 6.67. The average Bonchev–Trinajstić information content (AvgIpc) is 2.84. The van der Waals surface area contributed by atoms with E-state index in [1.807, 2.05) is 24.3 Å². The zero-order valence-electron chi connectivity index (χ0n) is 10.3. The van der Waals surface area contributed by atoms with Gasteiger partial charge in [0.25, 0.3) is 0 Å². The van der Waals surface area contributed by atoms with Crippen molar-refractivity contribution in [1.82, 2.24) is 9.97 Å². The fourth-order valence-corrected chi connectivity index (χ4v) is 2.23. The molecule has 0 radical (unpaired) electrons. The lowest BCUT2D eigenvalue weighted by Crippen LogP contribution is -1.92. The summed E-state index contributed by atoms with van der Waals surface area (Å²) >= 11 is 11.9. The quantitative estimate of drug-likeness (QED) is 0.559. The maximum absolute atomic E-state index is 6.05. The molecule has 0 aliphatic heterocycles. The molecule has 1 heterocycles. The van der Waals surface area contributed by atoms with Gasteiger partial charge in [0.2, 0.25) is 5.95 Å². The minimum atomic E-state index is 0.549. The average molecular weight is 305 g/mol. The van der Waals surface area contributed by atoms with Crippen LogP contribution >= 0.6 is 23.2 Å². The van der Waals surface area contributed by atoms with Crippen LogP contribution in [0.25, 0.3) is 11.0 Å². The lowest BCUT2D eigenvalue weighted by Gasteiger charge is -1.98. The summed E-state index contributed by atoms with van der Waals surface area (Å²) in [4.78, 5) is 7.46. The highest BCUT2D eigenvalue weighted by molar-refractivity contribution is 6.36. The third-order valence-corrected chi connectivity index (χ3v) is 3.29. The molecule has 0 saturated carbocycles. The number of hydrazone groups is 1. The van der Waals surface area contributed by atoms with Crippen molar-refractivity contribution in [2.24, 2.45) is 5.10 Å². The monoisotopic (exact) mass is 304 g/mol. The fraction of sp³-hybridized carbons (Fsp3) is 0. The Kier molecular flexibility index (Phi) is 3.58. The molecule has 0 bridgehead atoms. The van der Waals surface area contributed by atoms with Gasteiger partial charge >= 0.3 is 0 Å². The minimum absolute atomic E-state index is 0.549. The largest absolute Gasteiger partial charge is 0.323 e. The second-order valence-corrected chi connectivity index (χ2v) is 4.98. The van der Waals surface area contributed by atoms with Crippen LogP contribution in [0.1, 0.15) is 5.56 Å². The van der Waals surface area contributed by atoms with Gasteiger partial charge in [0.05, 0.1) is 22.3 Å². The van der Waals surface area contributed by atoms with E-state index in [1.165, 1.54) is 0 Å². The zero-order valence-corrected chi connectivity index (χ0v) is 11.8. The van der Waals surface area contributed by atoms with E-state index in [0.29, 0.717) is 16.0 Å². The number of nitrogens with one attached hydrogen (secondary N) is 2. The number of anilines is 1. The van der Waals surface area contributed by atoms with Gasteiger partial charge < -0.3 is 4.98 Å². The van der Waals surface area contributed by atoms with Gasteiger partial charge in [-0.2, -0.15) is 5.10 Å². The standard InChI is InChI=1S/C14H10Cl2N4/c15-10-6-5-9(11(16)7-10)8-17-20-14-18-12-3-1-2-4-13(12)19-14/h1-8H,(H2,18,19,20)/b17-8-. The van der Waals surface area contributed by atoms with E-state index < -0.39 is 0 Å². The topological polar surface area (TPSA) is 53.1 Å². The molecule has 0 saturated heterocycles. The number of aromatic amines is 1. The number of benzene rings is 2. The summed E-state index contributed by atoms with van der Waals surface area (Å²) in [7, 11) is 0. The van der Waals surface area contributed by atoms with E-state index in [0.717, 1.165) is 16.6 Å². The molecule has 0 fully saturated rings. The maximum atomic E-state index is 6.05. The molecule has 3 rings (SSSR count). The molecule has 0 unspecified atom stereocenters. The highest BCUT2D eigenvalue weighted by Crippen LogP contribution is 2.19. The molecule has 1 aromatic heterocycles. The Balaban J connectivity index is 1.76. The highest BCUT2D eigenvalue weighted by Gasteiger charge is 2.00. The number of imidazole rings is 1. The summed E-state index contributed by atoms with van der Waals surface area (Å²) in [6.07, 6.45) is 1.62. The van der Waals surface area contributed by atoms with Crippen molar-refractivity contribution >= 4 is 46.4 Å². The Morgan fingerprint density at radius 2 is 2.00 bits per heavy atom. The molecule has 100 valence electrons. The second-order valence-electron chi connectivity index (χ2n) is 4.14. The van der Waals surface area contributed by atoms with E-state index in [9.17, 15) is 0 Å². The van der Waals surface area contributed by atoms with Crippen molar-refractivity contribution < 1.29 is 0 Å². The molecule has 0 amide bonds. The van der Waals surface area contributed by atoms with Crippen molar-refractivity contribution in [2.45, 2.75) is 0 Å². The van der Waals surface area contributed by atoms with Crippen LogP contribution in [0.2, 0.25) is 10.0 Å². The summed E-state index contributed by atoms with van der Waals surface area (Å²) in [6.45, 7) is 0. The Hall–Kier alpha value is -2.04. The lowest BCUT2D eigenvalue weighted by atomic mass is 10.2. The minimum Gasteiger partial charge on any atom is -0.323 e. The highest BCUT2D eigenvalue weighted by atomic mass is 35.5. The Bertz CT molecular complexity index is 747. The molecular formula is C14H10Cl2N4. The Morgan fingerprint density at radius 3 is 2.80 bits per heavy atom. The van der Waals surface area contributed by atoms with E-state index in [2.05, 4.69) is 20.5 Å². The summed E-state index contributed by atoms with van der Waals surface area (Å²) in [6, 6.07) is 13.0. The normalized spacial score (nSPS) is 11.3. The molecule has 0 aliphatic rings. The second kappa shape index (κ2) is 5.53. The van der Waals surface area contributed by atoms with Gasteiger partial charge in [-0.05, 0) is 24.3 Å². The van der Waals surface area contributed by atoms with Crippen LogP contribution in [0.5, 0.6) is 0 Å². The third-order valence-electron chi connectivity index (χ3n) is 2.73. The van der Waals surface area contributed by atoms with Crippen LogP contribution in [-0.2, 0) is 0 Å². The summed E-state index contributed by atoms with van der Waals surface area (Å²) < 4.78 is 0. The number of para-hydroxylation sites is 2. The number of aromatic nitrogens is 2. The first-order chi connectivity index (χ1) is 9.72. The van der Waals surface area contributed by atoms with Crippen LogP contribution < -0.4 is 5.43 Å². The molecular weight excluding hydrogens is 295 g/mol. The van der Waals surface area contributed by atoms with Crippen LogP contribution in [0.15, 0.2) is 47.6 Å². The van der Waals surface area contributed by atoms with Crippen LogP contribution in [0.3, 0.4) is 0 Å². The molecule has 0 atom stereocenters. The van der Waals surface area contributed by atoms with Crippen molar-refractivity contribution in [3.63, 3.8) is 0 Å². The first-order valence-electron chi connectivity index (χ1n) is 5.91. The van der Waals surface area contributed by atoms with Crippen molar-refractivity contribution in [2.75, 3.05) is 5.43 Å². The lowest BCUT2D eigenvalue weighted by molar-refractivity contribution is 1.21. The fourth-order valence-electron chi connectivity index (χ4n) is 1.77. The van der Waals surface area contributed by atoms with Crippen molar-refractivity contribution in [1.29, 1.82) is 0 Å². The number of nitrogens with zero attached hydrogens (tertiary/aromatic N) is 2. The molecule has 6 heteroatoms. The summed E-state index contributed by atoms with van der Waals surface area (Å²) in [5, 5.41) is 5.24. The van der Waals surface area contributed by atoms with Gasteiger partial charge in [-0.15, -0.1) is 0 Å². The first kappa shape index (κ1) is 13.0. The van der Waals surface area contributed by atoms with Gasteiger partial charge in [-0.3, -0.25) is 0 Å². The van der Waals surface area contributed by atoms with Crippen LogP contribution in [0.4, 0.5) is 5.95 Å². The zero-order chi connectivity index (χ0) is 13.9. The third kappa shape index (κ3) is 2.76. The van der Waals surface area contributed by atoms with Crippen LogP contribution in [0, 0.1) is 0 Å². The molecule has 3 aromatic rings. The van der Waals surface area contributed by atoms with Crippen molar-refractivity contribution in [3.05, 3.63) is 58.1 Å². The van der Waals surface area contributed by atoms with E-state index >= 15 is 0 Å². The Morgan fingerprint density at radius 1 is 1.15 bits per heavy atom. The van der Waals surface area contributed by atoms with Gasteiger partial charge in [0.15, 0.2) is 0 Å². The number of rotatable bonds is 3. The number of hydrogen-bond donors (Lipinski definition) is 2. The molecule has 0 spiro atoms. The van der Waals surface area contributed by atoms with Gasteiger partial charge in [-0.25, -0.2) is 10.4 Å². The SMILES string of the molecule is Clc1ccc(/C=N\Nc2nc3ccccc3[nH]2)c(Cl)c1. The van der Waals surface area contributed by atoms with E-state index in [4.69, 9.17) is 23.2 Å². The van der Waals surface area contributed by atoms with E-state index in [1.54, 1.807) is 24.4 Å². The van der Waals surface area contributed by atoms with Gasteiger partial charge in [0, 0.05) is 10.6 Å². The molecule has 2 aromatic carbocycles. The predicted octanol–water partition coefficient (Wildman–Crippen LogP) is 4.32. The Labute approximate surface area is 125 Å². The number of hydrogen-bond acceptors (Lipinski definition) is 3.